The molecular formula is C15H15F5N4O3S. The molecule has 2 aromatic heterocycles. The molecule has 2 heterocycles. The lowest BCUT2D eigenvalue weighted by Crippen LogP contribution is -2.43. The van der Waals surface area contributed by atoms with Gasteiger partial charge in [0.25, 0.3) is 12.3 Å². The zero-order valence-corrected chi connectivity index (χ0v) is 15.3. The van der Waals surface area contributed by atoms with E-state index >= 15 is 0 Å². The summed E-state index contributed by atoms with van der Waals surface area (Å²) in [5.74, 6) is -1.10. The van der Waals surface area contributed by atoms with Crippen LogP contribution in [-0.2, 0) is 17.1 Å². The van der Waals surface area contributed by atoms with Crippen molar-refractivity contribution in [2.24, 2.45) is 12.8 Å². The molecule has 0 spiro atoms. The largest absolute Gasteiger partial charge is 0.404 e. The molecule has 154 valence electrons. The zero-order valence-electron chi connectivity index (χ0n) is 14.5. The lowest BCUT2D eigenvalue weighted by Gasteiger charge is -2.17. The fourth-order valence-corrected chi connectivity index (χ4v) is 3.97. The van der Waals surface area contributed by atoms with Crippen LogP contribution >= 0.6 is 0 Å². The number of pyridine rings is 1. The number of hydrogen-bond donors (Lipinski definition) is 2. The van der Waals surface area contributed by atoms with Crippen molar-refractivity contribution < 1.29 is 35.2 Å². The van der Waals surface area contributed by atoms with E-state index in [0.29, 0.717) is 6.92 Å². The Morgan fingerprint density at radius 1 is 1.32 bits per heavy atom. The van der Waals surface area contributed by atoms with Crippen LogP contribution < -0.4 is 10.5 Å². The van der Waals surface area contributed by atoms with Crippen molar-refractivity contribution in [3.8, 4) is 11.1 Å². The number of sulfonamides is 1. The van der Waals surface area contributed by atoms with Gasteiger partial charge in [0, 0.05) is 25.0 Å². The summed E-state index contributed by atoms with van der Waals surface area (Å²) in [5.41, 5.74) is 3.60. The average molecular weight is 426 g/mol. The van der Waals surface area contributed by atoms with E-state index in [1.54, 1.807) is 0 Å². The fourth-order valence-electron chi connectivity index (χ4n) is 2.46. The summed E-state index contributed by atoms with van der Waals surface area (Å²) in [6, 6.07) is -0.463. The minimum absolute atomic E-state index is 0.167. The first-order valence-electron chi connectivity index (χ1n) is 7.58. The van der Waals surface area contributed by atoms with Crippen LogP contribution in [0.5, 0.6) is 0 Å². The number of nitrogens with zero attached hydrogens (tertiary/aromatic N) is 2. The van der Waals surface area contributed by atoms with E-state index in [4.69, 9.17) is 5.73 Å². The minimum Gasteiger partial charge on any atom is -0.364 e. The first-order valence-corrected chi connectivity index (χ1v) is 9.06. The Bertz CT molecular complexity index is 1000. The Kier molecular flexibility index (Phi) is 5.80. The maximum absolute atomic E-state index is 12.9. The molecule has 0 saturated carbocycles. The monoisotopic (exact) mass is 426 g/mol. The third-order valence-corrected chi connectivity index (χ3v) is 5.34. The van der Waals surface area contributed by atoms with E-state index in [1.165, 1.54) is 11.8 Å². The van der Waals surface area contributed by atoms with Gasteiger partial charge in [0.15, 0.2) is 0 Å². The fraction of sp³-hybridized carbons (Fsp3) is 0.333. The lowest BCUT2D eigenvalue weighted by molar-refractivity contribution is -0.147. The van der Waals surface area contributed by atoms with Gasteiger partial charge in [-0.15, -0.1) is 0 Å². The molecule has 28 heavy (non-hydrogen) atoms. The van der Waals surface area contributed by atoms with Crippen molar-refractivity contribution >= 4 is 15.9 Å². The molecule has 0 fully saturated rings. The second kappa shape index (κ2) is 7.47. The first kappa shape index (κ1) is 21.8. The lowest BCUT2D eigenvalue weighted by atomic mass is 10.1. The molecule has 0 aromatic carbocycles. The van der Waals surface area contributed by atoms with E-state index in [9.17, 15) is 35.2 Å². The topological polar surface area (TPSA) is 107 Å². The Hall–Kier alpha value is -2.54. The van der Waals surface area contributed by atoms with Gasteiger partial charge in [0.1, 0.15) is 22.3 Å². The van der Waals surface area contributed by atoms with Crippen LogP contribution in [-0.4, -0.2) is 36.1 Å². The average Bonchev–Trinajstić information content (AvgIpc) is 2.92. The number of alkyl halides is 5. The summed E-state index contributed by atoms with van der Waals surface area (Å²) < 4.78 is 91.8. The summed E-state index contributed by atoms with van der Waals surface area (Å²) in [5, 5.41) is 0. The van der Waals surface area contributed by atoms with E-state index in [2.05, 4.69) is 4.98 Å². The summed E-state index contributed by atoms with van der Waals surface area (Å²) in [6.07, 6.45) is -6.03. The molecule has 3 N–H and O–H groups in total. The number of nitrogens with one attached hydrogen (secondary N) is 1. The number of hydrogen-bond acceptors (Lipinski definition) is 4. The number of rotatable bonds is 6. The van der Waals surface area contributed by atoms with Crippen LogP contribution in [0.4, 0.5) is 22.0 Å². The van der Waals surface area contributed by atoms with Gasteiger partial charge in [-0.05, 0) is 24.6 Å². The molecular weight excluding hydrogens is 411 g/mol. The predicted molar refractivity (Wildman–Crippen MR) is 88.0 cm³/mol. The van der Waals surface area contributed by atoms with E-state index in [0.717, 1.165) is 29.1 Å². The van der Waals surface area contributed by atoms with Crippen molar-refractivity contribution in [3.05, 3.63) is 35.9 Å². The number of carbonyl (C=O) groups is 1. The summed E-state index contributed by atoms with van der Waals surface area (Å²) >= 11 is 0. The molecule has 13 heteroatoms. The summed E-state index contributed by atoms with van der Waals surface area (Å²) in [4.78, 5) is 14.5. The number of aryl methyl sites for hydroxylation is 1. The second-order valence-corrected chi connectivity index (χ2v) is 7.53. The second-order valence-electron chi connectivity index (χ2n) is 5.85. The number of nitrogens with two attached hydrogens (primary N) is 1. The standard InChI is InChI=1S/C15H15F5N4O3S/c1-7(15(18,19)20)23-28(26,27)10-6-24(2)12(14(21)25)11(10)8-3-4-22-9(5-8)13(16)17/h3-7,13,23H,1-2H3,(H2,21,25)/t7-/m1/s1. The highest BCUT2D eigenvalue weighted by Crippen LogP contribution is 2.34. The van der Waals surface area contributed by atoms with Gasteiger partial charge in [-0.2, -0.15) is 17.9 Å². The molecule has 1 atom stereocenters. The van der Waals surface area contributed by atoms with Crippen LogP contribution in [0, 0.1) is 0 Å². The Labute approximate surface area is 156 Å². The smallest absolute Gasteiger partial charge is 0.364 e. The zero-order chi connectivity index (χ0) is 21.4. The third kappa shape index (κ3) is 4.30. The van der Waals surface area contributed by atoms with Gasteiger partial charge in [-0.3, -0.25) is 9.78 Å². The van der Waals surface area contributed by atoms with Gasteiger partial charge in [-0.1, -0.05) is 0 Å². The van der Waals surface area contributed by atoms with Crippen LogP contribution in [0.15, 0.2) is 29.4 Å². The SMILES string of the molecule is C[C@@H](NS(=O)(=O)c1cn(C)c(C(N)=O)c1-c1ccnc(C(F)F)c1)C(F)(F)F. The van der Waals surface area contributed by atoms with Crippen molar-refractivity contribution in [2.75, 3.05) is 0 Å². The number of aromatic nitrogens is 2. The number of carbonyl (C=O) groups excluding carboxylic acids is 1. The van der Waals surface area contributed by atoms with Gasteiger partial charge in [0.2, 0.25) is 10.0 Å². The molecule has 0 aliphatic heterocycles. The number of halogens is 5. The molecule has 2 rings (SSSR count). The van der Waals surface area contributed by atoms with Gasteiger partial charge >= 0.3 is 6.18 Å². The van der Waals surface area contributed by atoms with Crippen molar-refractivity contribution in [3.63, 3.8) is 0 Å². The van der Waals surface area contributed by atoms with Crippen LogP contribution in [0.25, 0.3) is 11.1 Å². The molecule has 0 aliphatic rings. The van der Waals surface area contributed by atoms with Gasteiger partial charge in [0.05, 0.1) is 0 Å². The van der Waals surface area contributed by atoms with Gasteiger partial charge in [-0.25, -0.2) is 17.2 Å². The van der Waals surface area contributed by atoms with E-state index in [1.807, 2.05) is 0 Å². The quantitative estimate of drug-likeness (QED) is 0.692. The Balaban J connectivity index is 2.72. The molecule has 0 saturated heterocycles. The van der Waals surface area contributed by atoms with Crippen LogP contribution in [0.3, 0.4) is 0 Å². The molecule has 0 unspecified atom stereocenters. The molecule has 0 aliphatic carbocycles. The molecule has 0 bridgehead atoms. The third-order valence-electron chi connectivity index (χ3n) is 3.79. The highest BCUT2D eigenvalue weighted by atomic mass is 32.2. The predicted octanol–water partition coefficient (Wildman–Crippen LogP) is 2.35. The Morgan fingerprint density at radius 2 is 1.93 bits per heavy atom. The van der Waals surface area contributed by atoms with Crippen molar-refractivity contribution in [2.45, 2.75) is 30.5 Å². The molecule has 7 nitrogen and oxygen atoms in total. The molecule has 1 amide bonds. The first-order chi connectivity index (χ1) is 12.8. The van der Waals surface area contributed by atoms with E-state index < -0.39 is 50.7 Å². The van der Waals surface area contributed by atoms with Crippen molar-refractivity contribution in [1.82, 2.24) is 14.3 Å². The summed E-state index contributed by atoms with van der Waals surface area (Å²) in [7, 11) is -3.56. The summed E-state index contributed by atoms with van der Waals surface area (Å²) in [6.45, 7) is 0.594. The van der Waals surface area contributed by atoms with Gasteiger partial charge < -0.3 is 10.3 Å². The Morgan fingerprint density at radius 3 is 2.43 bits per heavy atom. The highest BCUT2D eigenvalue weighted by Gasteiger charge is 2.40. The van der Waals surface area contributed by atoms with Crippen molar-refractivity contribution in [1.29, 1.82) is 0 Å². The van der Waals surface area contributed by atoms with Crippen LogP contribution in [0.1, 0.15) is 29.5 Å². The maximum atomic E-state index is 12.9. The number of primary amides is 1. The highest BCUT2D eigenvalue weighted by molar-refractivity contribution is 7.89. The molecule has 2 aromatic rings. The van der Waals surface area contributed by atoms with Crippen LogP contribution in [0.2, 0.25) is 0 Å². The minimum atomic E-state index is -4.87. The normalized spacial score (nSPS) is 13.7. The maximum Gasteiger partial charge on any atom is 0.404 e. The molecule has 0 radical (unpaired) electrons. The van der Waals surface area contributed by atoms with E-state index in [-0.39, 0.29) is 11.3 Å². The number of amides is 1.